The van der Waals surface area contributed by atoms with Crippen LogP contribution in [0.5, 0.6) is 5.75 Å². The van der Waals surface area contributed by atoms with Gasteiger partial charge in [0.2, 0.25) is 0 Å². The molecule has 0 spiro atoms. The van der Waals surface area contributed by atoms with E-state index in [0.29, 0.717) is 28.2 Å². The van der Waals surface area contributed by atoms with Gasteiger partial charge in [-0.05, 0) is 43.3 Å². The Kier molecular flexibility index (Phi) is 5.15. The highest BCUT2D eigenvalue weighted by Gasteiger charge is 2.06. The molecule has 2 heterocycles. The number of nitrogens with one attached hydrogen (secondary N) is 2. The van der Waals surface area contributed by atoms with Crippen molar-refractivity contribution in [3.63, 3.8) is 0 Å². The Morgan fingerprint density at radius 1 is 1.20 bits per heavy atom. The average Bonchev–Trinajstić information content (AvgIpc) is 3.01. The molecule has 0 unspecified atom stereocenters. The van der Waals surface area contributed by atoms with Crippen molar-refractivity contribution in [1.82, 2.24) is 10.1 Å². The zero-order chi connectivity index (χ0) is 17.6. The summed E-state index contributed by atoms with van der Waals surface area (Å²) in [6, 6.07) is 12.0. The monoisotopic (exact) mass is 358 g/mol. The molecular formula is C17H15ClN4O3. The molecule has 3 aromatic rings. The van der Waals surface area contributed by atoms with E-state index in [1.165, 1.54) is 0 Å². The number of benzene rings is 1. The molecular weight excluding hydrogens is 344 g/mol. The fraction of sp³-hybridized carbons (Fsp3) is 0.118. The number of hydrogen-bond acceptors (Lipinski definition) is 6. The SMILES string of the molecule is Cc1cc(Nc2ccc(NC(=O)COc3ccc(Cl)cc3)nc2)no1. The number of aryl methyl sites for hydroxylation is 1. The van der Waals surface area contributed by atoms with Gasteiger partial charge in [0, 0.05) is 11.1 Å². The minimum atomic E-state index is -0.310. The van der Waals surface area contributed by atoms with Crippen LogP contribution in [-0.2, 0) is 4.79 Å². The summed E-state index contributed by atoms with van der Waals surface area (Å²) < 4.78 is 10.3. The molecule has 0 aliphatic heterocycles. The Hall–Kier alpha value is -3.06. The maximum absolute atomic E-state index is 11.9. The minimum absolute atomic E-state index is 0.123. The van der Waals surface area contributed by atoms with Crippen molar-refractivity contribution in [1.29, 1.82) is 0 Å². The van der Waals surface area contributed by atoms with Gasteiger partial charge >= 0.3 is 0 Å². The van der Waals surface area contributed by atoms with E-state index in [1.54, 1.807) is 55.6 Å². The van der Waals surface area contributed by atoms with Crippen LogP contribution in [0.15, 0.2) is 53.2 Å². The zero-order valence-corrected chi connectivity index (χ0v) is 14.1. The fourth-order valence-electron chi connectivity index (χ4n) is 1.97. The smallest absolute Gasteiger partial charge is 0.263 e. The minimum Gasteiger partial charge on any atom is -0.484 e. The van der Waals surface area contributed by atoms with Gasteiger partial charge in [-0.15, -0.1) is 0 Å². The Labute approximate surface area is 149 Å². The van der Waals surface area contributed by atoms with Gasteiger partial charge in [0.15, 0.2) is 12.4 Å². The third-order valence-electron chi connectivity index (χ3n) is 3.11. The second kappa shape index (κ2) is 7.67. The summed E-state index contributed by atoms with van der Waals surface area (Å²) in [5.74, 6) is 1.98. The first-order chi connectivity index (χ1) is 12.1. The van der Waals surface area contributed by atoms with Crippen LogP contribution in [0.3, 0.4) is 0 Å². The highest BCUT2D eigenvalue weighted by Crippen LogP contribution is 2.17. The van der Waals surface area contributed by atoms with E-state index in [2.05, 4.69) is 20.8 Å². The molecule has 0 saturated heterocycles. The molecule has 0 radical (unpaired) electrons. The molecule has 2 N–H and O–H groups in total. The third-order valence-corrected chi connectivity index (χ3v) is 3.37. The summed E-state index contributed by atoms with van der Waals surface area (Å²) in [4.78, 5) is 16.1. The van der Waals surface area contributed by atoms with Crippen molar-refractivity contribution < 1.29 is 14.1 Å². The number of amides is 1. The molecule has 2 aromatic heterocycles. The second-order valence-corrected chi connectivity index (χ2v) is 5.61. The van der Waals surface area contributed by atoms with Crippen LogP contribution < -0.4 is 15.4 Å². The number of rotatable bonds is 6. The summed E-state index contributed by atoms with van der Waals surface area (Å²) >= 11 is 5.79. The lowest BCUT2D eigenvalue weighted by atomic mass is 10.3. The van der Waals surface area contributed by atoms with Crippen molar-refractivity contribution in [3.8, 4) is 5.75 Å². The first-order valence-electron chi connectivity index (χ1n) is 7.43. The first-order valence-corrected chi connectivity index (χ1v) is 7.81. The van der Waals surface area contributed by atoms with Gasteiger partial charge in [0.1, 0.15) is 17.3 Å². The van der Waals surface area contributed by atoms with Crippen LogP contribution in [0.4, 0.5) is 17.3 Å². The topological polar surface area (TPSA) is 89.3 Å². The highest BCUT2D eigenvalue weighted by atomic mass is 35.5. The van der Waals surface area contributed by atoms with Crippen LogP contribution in [0, 0.1) is 6.92 Å². The van der Waals surface area contributed by atoms with Crippen molar-refractivity contribution in [2.75, 3.05) is 17.2 Å². The molecule has 7 nitrogen and oxygen atoms in total. The predicted octanol–water partition coefficient (Wildman–Crippen LogP) is 3.79. The maximum Gasteiger partial charge on any atom is 0.263 e. The molecule has 0 aliphatic carbocycles. The number of hydrogen-bond donors (Lipinski definition) is 2. The van der Waals surface area contributed by atoms with E-state index in [-0.39, 0.29) is 12.5 Å². The number of aromatic nitrogens is 2. The Bertz CT molecular complexity index is 847. The van der Waals surface area contributed by atoms with Crippen molar-refractivity contribution in [2.45, 2.75) is 6.92 Å². The number of anilines is 3. The summed E-state index contributed by atoms with van der Waals surface area (Å²) in [5, 5.41) is 10.1. The molecule has 0 saturated carbocycles. The quantitative estimate of drug-likeness (QED) is 0.696. The Morgan fingerprint density at radius 2 is 2.00 bits per heavy atom. The van der Waals surface area contributed by atoms with Crippen LogP contribution in [0.25, 0.3) is 0 Å². The van der Waals surface area contributed by atoms with E-state index in [1.807, 2.05) is 0 Å². The number of carbonyl (C=O) groups is 1. The summed E-state index contributed by atoms with van der Waals surface area (Å²) in [6.45, 7) is 1.68. The first kappa shape index (κ1) is 16.8. The molecule has 0 fully saturated rings. The molecule has 1 amide bonds. The number of ether oxygens (including phenoxy) is 1. The van der Waals surface area contributed by atoms with Gasteiger partial charge in [-0.3, -0.25) is 4.79 Å². The van der Waals surface area contributed by atoms with E-state index < -0.39 is 0 Å². The molecule has 3 rings (SSSR count). The predicted molar refractivity (Wildman–Crippen MR) is 94.3 cm³/mol. The van der Waals surface area contributed by atoms with Crippen molar-refractivity contribution >= 4 is 34.8 Å². The van der Waals surface area contributed by atoms with Gasteiger partial charge in [-0.1, -0.05) is 16.8 Å². The van der Waals surface area contributed by atoms with Gasteiger partial charge in [0.25, 0.3) is 5.91 Å². The van der Waals surface area contributed by atoms with Gasteiger partial charge in [0.05, 0.1) is 11.9 Å². The van der Waals surface area contributed by atoms with E-state index >= 15 is 0 Å². The fourth-order valence-corrected chi connectivity index (χ4v) is 2.10. The van der Waals surface area contributed by atoms with E-state index in [4.69, 9.17) is 20.9 Å². The Morgan fingerprint density at radius 3 is 2.64 bits per heavy atom. The van der Waals surface area contributed by atoms with E-state index in [0.717, 1.165) is 5.69 Å². The summed E-state index contributed by atoms with van der Waals surface area (Å²) in [7, 11) is 0. The number of halogens is 1. The van der Waals surface area contributed by atoms with Crippen LogP contribution >= 0.6 is 11.6 Å². The van der Waals surface area contributed by atoms with Gasteiger partial charge < -0.3 is 19.9 Å². The van der Waals surface area contributed by atoms with Crippen molar-refractivity contribution in [2.24, 2.45) is 0 Å². The maximum atomic E-state index is 11.9. The van der Waals surface area contributed by atoms with Gasteiger partial charge in [-0.2, -0.15) is 0 Å². The standard InChI is InChI=1S/C17H15ClN4O3/c1-11-8-16(22-25-11)20-13-4-7-15(19-9-13)21-17(23)10-24-14-5-2-12(18)3-6-14/h2-9H,10H2,1H3,(H,20,22)(H,19,21,23). The number of nitrogens with zero attached hydrogens (tertiary/aromatic N) is 2. The van der Waals surface area contributed by atoms with Gasteiger partial charge in [-0.25, -0.2) is 4.98 Å². The number of pyridine rings is 1. The molecule has 25 heavy (non-hydrogen) atoms. The average molecular weight is 359 g/mol. The third kappa shape index (κ3) is 4.95. The largest absolute Gasteiger partial charge is 0.484 e. The molecule has 1 aromatic carbocycles. The normalized spacial score (nSPS) is 10.3. The Balaban J connectivity index is 1.50. The zero-order valence-electron chi connectivity index (χ0n) is 13.3. The van der Waals surface area contributed by atoms with Crippen LogP contribution in [0.1, 0.15) is 5.76 Å². The van der Waals surface area contributed by atoms with Crippen molar-refractivity contribution in [3.05, 3.63) is 59.4 Å². The second-order valence-electron chi connectivity index (χ2n) is 5.17. The lowest BCUT2D eigenvalue weighted by Gasteiger charge is -2.08. The molecule has 0 aliphatic rings. The molecule has 128 valence electrons. The molecule has 0 atom stereocenters. The molecule has 0 bridgehead atoms. The lowest BCUT2D eigenvalue weighted by Crippen LogP contribution is -2.20. The summed E-state index contributed by atoms with van der Waals surface area (Å²) in [6.07, 6.45) is 1.58. The van der Waals surface area contributed by atoms with Crippen LogP contribution in [0.2, 0.25) is 5.02 Å². The highest BCUT2D eigenvalue weighted by molar-refractivity contribution is 6.30. The number of carbonyl (C=O) groups excluding carboxylic acids is 1. The summed E-state index contributed by atoms with van der Waals surface area (Å²) in [5.41, 5.74) is 0.726. The van der Waals surface area contributed by atoms with E-state index in [9.17, 15) is 4.79 Å². The lowest BCUT2D eigenvalue weighted by molar-refractivity contribution is -0.118. The van der Waals surface area contributed by atoms with Crippen LogP contribution in [-0.4, -0.2) is 22.7 Å². The molecule has 8 heteroatoms.